The standard InChI is InChI=1S/C16H27NO5S2/c18-8-14(20)6-17(7-15(21)9-19)3-4-22-16-2-1-12(10-23)13(5-16)11-24/h1-2,5,14-15,18-21,23-24H,3-4,6-11H2. The molecule has 2 unspecified atom stereocenters. The van der Waals surface area contributed by atoms with Gasteiger partial charge in [-0.1, -0.05) is 6.07 Å². The molecule has 0 saturated heterocycles. The van der Waals surface area contributed by atoms with Crippen molar-refractivity contribution in [3.05, 3.63) is 29.3 Å². The number of ether oxygens (including phenoxy) is 1. The Balaban J connectivity index is 2.56. The van der Waals surface area contributed by atoms with Crippen molar-refractivity contribution in [1.29, 1.82) is 0 Å². The fourth-order valence-electron chi connectivity index (χ4n) is 2.25. The fourth-order valence-corrected chi connectivity index (χ4v) is 2.86. The largest absolute Gasteiger partial charge is 0.492 e. The summed E-state index contributed by atoms with van der Waals surface area (Å²) in [5, 5.41) is 37.0. The van der Waals surface area contributed by atoms with Gasteiger partial charge < -0.3 is 25.2 Å². The van der Waals surface area contributed by atoms with Crippen LogP contribution in [0.5, 0.6) is 5.75 Å². The van der Waals surface area contributed by atoms with E-state index in [2.05, 4.69) is 25.3 Å². The number of benzene rings is 1. The van der Waals surface area contributed by atoms with Crippen LogP contribution < -0.4 is 4.74 Å². The molecule has 0 aliphatic carbocycles. The average Bonchev–Trinajstić information content (AvgIpc) is 2.60. The Labute approximate surface area is 153 Å². The van der Waals surface area contributed by atoms with Crippen LogP contribution in [-0.2, 0) is 11.5 Å². The molecule has 1 aromatic carbocycles. The molecule has 8 heteroatoms. The van der Waals surface area contributed by atoms with Crippen molar-refractivity contribution >= 4 is 25.3 Å². The van der Waals surface area contributed by atoms with Crippen molar-refractivity contribution in [3.63, 3.8) is 0 Å². The molecule has 0 amide bonds. The van der Waals surface area contributed by atoms with Gasteiger partial charge in [0.15, 0.2) is 0 Å². The highest BCUT2D eigenvalue weighted by Gasteiger charge is 2.15. The summed E-state index contributed by atoms with van der Waals surface area (Å²) in [4.78, 5) is 1.74. The van der Waals surface area contributed by atoms with E-state index < -0.39 is 12.2 Å². The summed E-state index contributed by atoms with van der Waals surface area (Å²) in [5.74, 6) is 1.96. The third kappa shape index (κ3) is 7.60. The molecule has 0 aromatic heterocycles. The SMILES string of the molecule is OCC(O)CN(CCOc1ccc(CS)c(CS)c1)CC(O)CO. The van der Waals surface area contributed by atoms with Gasteiger partial charge in [-0.05, 0) is 23.3 Å². The first-order valence-electron chi connectivity index (χ1n) is 7.80. The molecule has 4 N–H and O–H groups in total. The molecule has 0 bridgehead atoms. The molecular formula is C16H27NO5S2. The van der Waals surface area contributed by atoms with Crippen LogP contribution in [-0.4, -0.2) is 77.0 Å². The lowest BCUT2D eigenvalue weighted by molar-refractivity contribution is 0.0193. The van der Waals surface area contributed by atoms with Crippen molar-refractivity contribution in [2.24, 2.45) is 0 Å². The number of aliphatic hydroxyl groups excluding tert-OH is 4. The molecule has 0 spiro atoms. The average molecular weight is 378 g/mol. The van der Waals surface area contributed by atoms with E-state index in [1.807, 2.05) is 18.2 Å². The summed E-state index contributed by atoms with van der Waals surface area (Å²) in [6, 6.07) is 5.75. The predicted octanol–water partition coefficient (Wildman–Crippen LogP) is -0.0666. The predicted molar refractivity (Wildman–Crippen MR) is 99.9 cm³/mol. The van der Waals surface area contributed by atoms with Crippen LogP contribution >= 0.6 is 25.3 Å². The second-order valence-corrected chi connectivity index (χ2v) is 6.16. The Morgan fingerprint density at radius 1 is 0.958 bits per heavy atom. The van der Waals surface area contributed by atoms with Gasteiger partial charge in [-0.15, -0.1) is 0 Å². The van der Waals surface area contributed by atoms with Gasteiger partial charge in [0, 0.05) is 31.1 Å². The van der Waals surface area contributed by atoms with Gasteiger partial charge in [-0.3, -0.25) is 4.90 Å². The second-order valence-electron chi connectivity index (χ2n) is 5.53. The molecular weight excluding hydrogens is 350 g/mol. The smallest absolute Gasteiger partial charge is 0.119 e. The number of hydrogen-bond acceptors (Lipinski definition) is 8. The van der Waals surface area contributed by atoms with Crippen LogP contribution in [0.4, 0.5) is 0 Å². The molecule has 0 radical (unpaired) electrons. The Kier molecular flexibility index (Phi) is 10.8. The lowest BCUT2D eigenvalue weighted by Gasteiger charge is -2.26. The zero-order chi connectivity index (χ0) is 17.9. The summed E-state index contributed by atoms with van der Waals surface area (Å²) in [6.07, 6.45) is -1.80. The van der Waals surface area contributed by atoms with E-state index in [9.17, 15) is 10.2 Å². The van der Waals surface area contributed by atoms with Gasteiger partial charge in [0.05, 0.1) is 25.4 Å². The topological polar surface area (TPSA) is 93.4 Å². The molecule has 0 saturated carbocycles. The van der Waals surface area contributed by atoms with Crippen LogP contribution in [0.15, 0.2) is 18.2 Å². The molecule has 0 fully saturated rings. The molecule has 138 valence electrons. The third-order valence-corrected chi connectivity index (χ3v) is 4.24. The number of hydrogen-bond donors (Lipinski definition) is 6. The van der Waals surface area contributed by atoms with Crippen molar-refractivity contribution in [3.8, 4) is 5.75 Å². The van der Waals surface area contributed by atoms with E-state index >= 15 is 0 Å². The van der Waals surface area contributed by atoms with Gasteiger partial charge in [-0.25, -0.2) is 0 Å². The zero-order valence-corrected chi connectivity index (χ0v) is 15.4. The summed E-state index contributed by atoms with van der Waals surface area (Å²) in [7, 11) is 0. The highest BCUT2D eigenvalue weighted by molar-refractivity contribution is 7.79. The highest BCUT2D eigenvalue weighted by Crippen LogP contribution is 2.21. The number of thiol groups is 2. The molecule has 6 nitrogen and oxygen atoms in total. The van der Waals surface area contributed by atoms with Crippen molar-refractivity contribution in [2.45, 2.75) is 23.7 Å². The molecule has 24 heavy (non-hydrogen) atoms. The van der Waals surface area contributed by atoms with Gasteiger partial charge in [-0.2, -0.15) is 25.3 Å². The minimum absolute atomic E-state index is 0.192. The molecule has 0 heterocycles. The molecule has 0 aliphatic heterocycles. The maximum atomic E-state index is 9.56. The van der Waals surface area contributed by atoms with Gasteiger partial charge >= 0.3 is 0 Å². The highest BCUT2D eigenvalue weighted by atomic mass is 32.1. The van der Waals surface area contributed by atoms with Crippen LogP contribution in [0.25, 0.3) is 0 Å². The molecule has 2 atom stereocenters. The quantitative estimate of drug-likeness (QED) is 0.286. The number of rotatable bonds is 12. The minimum atomic E-state index is -0.902. The van der Waals surface area contributed by atoms with E-state index in [4.69, 9.17) is 14.9 Å². The van der Waals surface area contributed by atoms with Gasteiger partial charge in [0.2, 0.25) is 0 Å². The second kappa shape index (κ2) is 12.0. The van der Waals surface area contributed by atoms with Crippen LogP contribution in [0, 0.1) is 0 Å². The monoisotopic (exact) mass is 377 g/mol. The van der Waals surface area contributed by atoms with Crippen molar-refractivity contribution in [1.82, 2.24) is 4.90 Å². The fraction of sp³-hybridized carbons (Fsp3) is 0.625. The lowest BCUT2D eigenvalue weighted by Crippen LogP contribution is -2.42. The minimum Gasteiger partial charge on any atom is -0.492 e. The Morgan fingerprint density at radius 2 is 1.54 bits per heavy atom. The molecule has 0 aliphatic rings. The first-order chi connectivity index (χ1) is 11.5. The third-order valence-electron chi connectivity index (χ3n) is 3.55. The van der Waals surface area contributed by atoms with Crippen LogP contribution in [0.2, 0.25) is 0 Å². The maximum Gasteiger partial charge on any atom is 0.119 e. The molecule has 1 aromatic rings. The van der Waals surface area contributed by atoms with E-state index in [1.54, 1.807) is 4.90 Å². The number of nitrogens with zero attached hydrogens (tertiary/aromatic N) is 1. The lowest BCUT2D eigenvalue weighted by atomic mass is 10.1. The normalized spacial score (nSPS) is 14.0. The van der Waals surface area contributed by atoms with Gasteiger partial charge in [0.25, 0.3) is 0 Å². The van der Waals surface area contributed by atoms with Crippen molar-refractivity contribution in [2.75, 3.05) is 39.5 Å². The zero-order valence-electron chi connectivity index (χ0n) is 13.6. The first-order valence-corrected chi connectivity index (χ1v) is 9.07. The van der Waals surface area contributed by atoms with E-state index in [1.165, 1.54) is 0 Å². The van der Waals surface area contributed by atoms with E-state index in [0.717, 1.165) is 16.9 Å². The Hall–Kier alpha value is -0.480. The summed E-state index contributed by atoms with van der Waals surface area (Å²) >= 11 is 8.58. The number of aliphatic hydroxyl groups is 4. The van der Waals surface area contributed by atoms with Crippen LogP contribution in [0.3, 0.4) is 0 Å². The van der Waals surface area contributed by atoms with Crippen LogP contribution in [0.1, 0.15) is 11.1 Å². The maximum absolute atomic E-state index is 9.56. The summed E-state index contributed by atoms with van der Waals surface area (Å²) < 4.78 is 5.72. The summed E-state index contributed by atoms with van der Waals surface area (Å²) in [6.45, 7) is 0.460. The Bertz CT molecular complexity index is 466. The Morgan fingerprint density at radius 3 is 2.04 bits per heavy atom. The summed E-state index contributed by atoms with van der Waals surface area (Å²) in [5.41, 5.74) is 2.17. The van der Waals surface area contributed by atoms with Crippen molar-refractivity contribution < 1.29 is 25.2 Å². The first kappa shape index (κ1) is 21.6. The van der Waals surface area contributed by atoms with E-state index in [-0.39, 0.29) is 26.3 Å². The van der Waals surface area contributed by atoms with Gasteiger partial charge in [0.1, 0.15) is 12.4 Å². The van der Waals surface area contributed by atoms with E-state index in [0.29, 0.717) is 24.7 Å². The molecule has 1 rings (SSSR count).